The van der Waals surface area contributed by atoms with Crippen molar-refractivity contribution in [2.24, 2.45) is 0 Å². The molecule has 3 aromatic heterocycles. The third-order valence-electron chi connectivity index (χ3n) is 4.74. The number of imidazole rings is 1. The molecule has 4 aromatic rings. The third-order valence-corrected chi connectivity index (χ3v) is 5.98. The van der Waals surface area contributed by atoms with Crippen LogP contribution in [0, 0.1) is 0 Å². The van der Waals surface area contributed by atoms with Crippen molar-refractivity contribution in [1.29, 1.82) is 0 Å². The monoisotopic (exact) mass is 433 g/mol. The number of aliphatic hydroxyl groups excluding tert-OH is 1. The van der Waals surface area contributed by atoms with Crippen LogP contribution in [0.3, 0.4) is 0 Å². The van der Waals surface area contributed by atoms with Crippen LogP contribution in [0.25, 0.3) is 21.9 Å². The van der Waals surface area contributed by atoms with Gasteiger partial charge in [0.15, 0.2) is 14.9 Å². The van der Waals surface area contributed by atoms with Gasteiger partial charge in [-0.3, -0.25) is 9.67 Å². The highest BCUT2D eigenvalue weighted by Gasteiger charge is 2.20. The van der Waals surface area contributed by atoms with Crippen LogP contribution in [0.4, 0.5) is 0 Å². The van der Waals surface area contributed by atoms with Gasteiger partial charge in [-0.15, -0.1) is 0 Å². The van der Waals surface area contributed by atoms with Crippen molar-refractivity contribution in [3.8, 4) is 0 Å². The minimum Gasteiger partial charge on any atom is -0.396 e. The minimum absolute atomic E-state index is 0.0286. The molecule has 0 spiro atoms. The molecule has 29 heavy (non-hydrogen) atoms. The standard InChI is InChI=1S/C19H20ClN5O3S/c1-29(27,28)19-14-6-7-21-11-17(14)25(23-19)12-18-22-15-10-13(20)4-5-16(15)24(18)8-2-3-9-26/h4-7,10-11,26H,2-3,8-9,12H2,1H3. The smallest absolute Gasteiger partial charge is 0.195 e. The van der Waals surface area contributed by atoms with Crippen molar-refractivity contribution in [1.82, 2.24) is 24.3 Å². The SMILES string of the molecule is CS(=O)(=O)c1nn(Cc2nc3cc(Cl)ccc3n2CCCCO)c2cnccc12. The van der Waals surface area contributed by atoms with Crippen LogP contribution < -0.4 is 0 Å². The Kier molecular flexibility index (Phi) is 5.28. The van der Waals surface area contributed by atoms with E-state index in [0.29, 0.717) is 28.9 Å². The summed E-state index contributed by atoms with van der Waals surface area (Å²) >= 11 is 6.12. The number of nitrogens with zero attached hydrogens (tertiary/aromatic N) is 5. The van der Waals surface area contributed by atoms with E-state index in [-0.39, 0.29) is 18.2 Å². The van der Waals surface area contributed by atoms with Gasteiger partial charge in [0.1, 0.15) is 5.82 Å². The second-order valence-corrected chi connectivity index (χ2v) is 9.24. The van der Waals surface area contributed by atoms with Crippen LogP contribution >= 0.6 is 11.6 Å². The largest absolute Gasteiger partial charge is 0.396 e. The fraction of sp³-hybridized carbons (Fsp3) is 0.316. The molecule has 8 nitrogen and oxygen atoms in total. The lowest BCUT2D eigenvalue weighted by atomic mass is 10.3. The van der Waals surface area contributed by atoms with E-state index in [0.717, 1.165) is 29.5 Å². The van der Waals surface area contributed by atoms with E-state index in [1.54, 1.807) is 29.2 Å². The summed E-state index contributed by atoms with van der Waals surface area (Å²) in [4.78, 5) is 8.83. The molecule has 0 radical (unpaired) electrons. The van der Waals surface area contributed by atoms with Gasteiger partial charge in [0.05, 0.1) is 29.3 Å². The van der Waals surface area contributed by atoms with Gasteiger partial charge < -0.3 is 9.67 Å². The van der Waals surface area contributed by atoms with Crippen molar-refractivity contribution >= 4 is 43.4 Å². The lowest BCUT2D eigenvalue weighted by Crippen LogP contribution is -2.11. The summed E-state index contributed by atoms with van der Waals surface area (Å²) in [6.45, 7) is 1.08. The number of pyridine rings is 1. The van der Waals surface area contributed by atoms with Gasteiger partial charge in [-0.05, 0) is 37.1 Å². The molecule has 0 amide bonds. The molecule has 152 valence electrons. The van der Waals surface area contributed by atoms with Crippen molar-refractivity contribution in [3.63, 3.8) is 0 Å². The Labute approximate surface area is 172 Å². The number of sulfone groups is 1. The topological polar surface area (TPSA) is 103 Å². The molecule has 1 N–H and O–H groups in total. The number of aromatic nitrogens is 5. The number of halogens is 1. The number of hydrogen-bond donors (Lipinski definition) is 1. The third kappa shape index (κ3) is 3.85. The fourth-order valence-corrected chi connectivity index (χ4v) is 4.41. The lowest BCUT2D eigenvalue weighted by molar-refractivity contribution is 0.281. The molecule has 0 unspecified atom stereocenters. The molecule has 3 heterocycles. The van der Waals surface area contributed by atoms with Crippen LogP contribution in [0.1, 0.15) is 18.7 Å². The highest BCUT2D eigenvalue weighted by Crippen LogP contribution is 2.25. The Bertz CT molecular complexity index is 1300. The predicted molar refractivity (Wildman–Crippen MR) is 111 cm³/mol. The number of rotatable bonds is 7. The van der Waals surface area contributed by atoms with Crippen LogP contribution in [0.2, 0.25) is 5.02 Å². The quantitative estimate of drug-likeness (QED) is 0.449. The Balaban J connectivity index is 1.83. The molecule has 1 aromatic carbocycles. The van der Waals surface area contributed by atoms with Gasteiger partial charge in [-0.2, -0.15) is 5.10 Å². The first kappa shape index (κ1) is 19.8. The predicted octanol–water partition coefficient (Wildman–Crippen LogP) is 2.66. The van der Waals surface area contributed by atoms with E-state index >= 15 is 0 Å². The van der Waals surface area contributed by atoms with Gasteiger partial charge >= 0.3 is 0 Å². The molecule has 0 bridgehead atoms. The van der Waals surface area contributed by atoms with E-state index in [2.05, 4.69) is 14.6 Å². The van der Waals surface area contributed by atoms with Gasteiger partial charge in [0.25, 0.3) is 0 Å². The number of aliphatic hydroxyl groups is 1. The first-order valence-electron chi connectivity index (χ1n) is 9.14. The number of unbranched alkanes of at least 4 members (excludes halogenated alkanes) is 1. The van der Waals surface area contributed by atoms with E-state index < -0.39 is 9.84 Å². The second-order valence-electron chi connectivity index (χ2n) is 6.87. The zero-order chi connectivity index (χ0) is 20.6. The number of benzene rings is 1. The zero-order valence-electron chi connectivity index (χ0n) is 15.8. The van der Waals surface area contributed by atoms with Crippen molar-refractivity contribution in [2.45, 2.75) is 31.0 Å². The molecular weight excluding hydrogens is 414 g/mol. The maximum Gasteiger partial charge on any atom is 0.195 e. The molecule has 0 saturated heterocycles. The number of aryl methyl sites for hydroxylation is 1. The van der Waals surface area contributed by atoms with Gasteiger partial charge in [-0.1, -0.05) is 11.6 Å². The Morgan fingerprint density at radius 2 is 2.00 bits per heavy atom. The molecule has 4 rings (SSSR count). The average molecular weight is 434 g/mol. The van der Waals surface area contributed by atoms with Crippen LogP contribution in [0.5, 0.6) is 0 Å². The van der Waals surface area contributed by atoms with Gasteiger partial charge in [0.2, 0.25) is 0 Å². The summed E-state index contributed by atoms with van der Waals surface area (Å²) in [7, 11) is -3.49. The molecule has 0 fully saturated rings. The summed E-state index contributed by atoms with van der Waals surface area (Å²) in [6.07, 6.45) is 5.76. The molecule has 0 aliphatic rings. The van der Waals surface area contributed by atoms with Crippen molar-refractivity contribution in [2.75, 3.05) is 12.9 Å². The van der Waals surface area contributed by atoms with E-state index in [9.17, 15) is 8.42 Å². The highest BCUT2D eigenvalue weighted by molar-refractivity contribution is 7.90. The number of fused-ring (bicyclic) bond motifs is 2. The fourth-order valence-electron chi connectivity index (χ4n) is 3.42. The summed E-state index contributed by atoms with van der Waals surface area (Å²) in [5.74, 6) is 0.730. The molecule has 0 aliphatic carbocycles. The van der Waals surface area contributed by atoms with Gasteiger partial charge in [0, 0.05) is 36.0 Å². The molecule has 10 heteroatoms. The first-order valence-corrected chi connectivity index (χ1v) is 11.4. The van der Waals surface area contributed by atoms with Crippen LogP contribution in [-0.2, 0) is 22.9 Å². The molecule has 0 aliphatic heterocycles. The Morgan fingerprint density at radius 3 is 2.76 bits per heavy atom. The van der Waals surface area contributed by atoms with E-state index in [1.165, 1.54) is 0 Å². The summed E-state index contributed by atoms with van der Waals surface area (Å²) in [5, 5.41) is 14.6. The van der Waals surface area contributed by atoms with Crippen LogP contribution in [0.15, 0.2) is 41.7 Å². The normalized spacial score (nSPS) is 12.2. The number of hydrogen-bond acceptors (Lipinski definition) is 6. The van der Waals surface area contributed by atoms with Gasteiger partial charge in [-0.25, -0.2) is 13.4 Å². The van der Waals surface area contributed by atoms with Crippen LogP contribution in [-0.4, -0.2) is 50.7 Å². The van der Waals surface area contributed by atoms with E-state index in [4.69, 9.17) is 21.7 Å². The second kappa shape index (κ2) is 7.74. The molecule has 0 atom stereocenters. The summed E-state index contributed by atoms with van der Waals surface area (Å²) in [6, 6.07) is 7.18. The average Bonchev–Trinajstić information content (AvgIpc) is 3.20. The first-order chi connectivity index (χ1) is 13.9. The lowest BCUT2D eigenvalue weighted by Gasteiger charge is -2.09. The molecule has 0 saturated carbocycles. The molecular formula is C19H20ClN5O3S. The highest BCUT2D eigenvalue weighted by atomic mass is 35.5. The minimum atomic E-state index is -3.49. The Hall–Kier alpha value is -2.49. The van der Waals surface area contributed by atoms with E-state index in [1.807, 2.05) is 12.1 Å². The zero-order valence-corrected chi connectivity index (χ0v) is 17.4. The maximum atomic E-state index is 12.2. The van der Waals surface area contributed by atoms with Crippen molar-refractivity contribution in [3.05, 3.63) is 47.5 Å². The summed E-state index contributed by atoms with van der Waals surface area (Å²) in [5.41, 5.74) is 2.31. The Morgan fingerprint density at radius 1 is 1.17 bits per heavy atom. The summed E-state index contributed by atoms with van der Waals surface area (Å²) < 4.78 is 28.0. The van der Waals surface area contributed by atoms with Crippen molar-refractivity contribution < 1.29 is 13.5 Å². The maximum absolute atomic E-state index is 12.2.